The van der Waals surface area contributed by atoms with Crippen molar-refractivity contribution in [2.45, 2.75) is 20.4 Å². The van der Waals surface area contributed by atoms with Gasteiger partial charge in [-0.3, -0.25) is 4.79 Å². The Morgan fingerprint density at radius 1 is 1.37 bits per heavy atom. The third kappa shape index (κ3) is 3.51. The number of amides is 1. The molecular weight excluding hydrogens is 246 g/mol. The highest BCUT2D eigenvalue weighted by molar-refractivity contribution is 5.92. The van der Waals surface area contributed by atoms with Gasteiger partial charge in [0, 0.05) is 13.5 Å². The van der Waals surface area contributed by atoms with Crippen LogP contribution in [-0.4, -0.2) is 27.6 Å². The number of aromatic nitrogens is 3. The molecule has 2 N–H and O–H groups in total. The zero-order chi connectivity index (χ0) is 13.7. The van der Waals surface area contributed by atoms with Crippen molar-refractivity contribution < 1.29 is 9.32 Å². The first kappa shape index (κ1) is 13.0. The van der Waals surface area contributed by atoms with E-state index in [9.17, 15) is 4.79 Å². The minimum atomic E-state index is -0.276. The molecule has 1 amide bonds. The van der Waals surface area contributed by atoms with E-state index in [0.717, 1.165) is 6.54 Å². The van der Waals surface area contributed by atoms with Crippen molar-refractivity contribution in [3.8, 4) is 0 Å². The Bertz CT molecular complexity index is 567. The van der Waals surface area contributed by atoms with E-state index >= 15 is 0 Å². The van der Waals surface area contributed by atoms with E-state index in [1.165, 1.54) is 0 Å². The standard InChI is InChI=1S/C12H15N5O2/c1-3-13-10-6-4-5-9(16-10)12(18)14-7-11-15-8(2)19-17-11/h4-6H,3,7H2,1-2H3,(H,13,16)(H,14,18). The summed E-state index contributed by atoms with van der Waals surface area (Å²) in [6.45, 7) is 4.62. The largest absolute Gasteiger partial charge is 0.370 e. The van der Waals surface area contributed by atoms with Gasteiger partial charge in [0.15, 0.2) is 5.82 Å². The molecule has 0 aliphatic heterocycles. The Labute approximate surface area is 110 Å². The lowest BCUT2D eigenvalue weighted by Gasteiger charge is -2.05. The van der Waals surface area contributed by atoms with Crippen LogP contribution in [0.25, 0.3) is 0 Å². The van der Waals surface area contributed by atoms with Crippen molar-refractivity contribution in [3.63, 3.8) is 0 Å². The van der Waals surface area contributed by atoms with E-state index in [-0.39, 0.29) is 12.5 Å². The van der Waals surface area contributed by atoms with Crippen LogP contribution in [-0.2, 0) is 6.54 Å². The van der Waals surface area contributed by atoms with E-state index in [1.54, 1.807) is 19.1 Å². The summed E-state index contributed by atoms with van der Waals surface area (Å²) in [5, 5.41) is 9.43. The molecule has 2 heterocycles. The van der Waals surface area contributed by atoms with Gasteiger partial charge in [-0.25, -0.2) is 4.98 Å². The zero-order valence-electron chi connectivity index (χ0n) is 10.8. The van der Waals surface area contributed by atoms with Crippen LogP contribution in [0.5, 0.6) is 0 Å². The van der Waals surface area contributed by atoms with Crippen molar-refractivity contribution in [2.75, 3.05) is 11.9 Å². The lowest BCUT2D eigenvalue weighted by Crippen LogP contribution is -2.24. The lowest BCUT2D eigenvalue weighted by molar-refractivity contribution is 0.0945. The molecule has 0 saturated heterocycles. The molecule has 0 saturated carbocycles. The highest BCUT2D eigenvalue weighted by Gasteiger charge is 2.09. The average molecular weight is 261 g/mol. The van der Waals surface area contributed by atoms with Crippen molar-refractivity contribution in [2.24, 2.45) is 0 Å². The summed E-state index contributed by atoms with van der Waals surface area (Å²) in [4.78, 5) is 20.1. The molecule has 0 aromatic carbocycles. The van der Waals surface area contributed by atoms with Crippen molar-refractivity contribution >= 4 is 11.7 Å². The number of nitrogens with zero attached hydrogens (tertiary/aromatic N) is 3. The van der Waals surface area contributed by atoms with Gasteiger partial charge in [0.2, 0.25) is 5.89 Å². The smallest absolute Gasteiger partial charge is 0.270 e. The molecule has 7 nitrogen and oxygen atoms in total. The second-order valence-electron chi connectivity index (χ2n) is 3.85. The van der Waals surface area contributed by atoms with Crippen LogP contribution in [0.1, 0.15) is 29.1 Å². The van der Waals surface area contributed by atoms with Gasteiger partial charge in [-0.05, 0) is 19.1 Å². The van der Waals surface area contributed by atoms with Crippen LogP contribution < -0.4 is 10.6 Å². The van der Waals surface area contributed by atoms with Crippen molar-refractivity contribution in [1.82, 2.24) is 20.4 Å². The molecule has 2 aromatic rings. The number of aryl methyl sites for hydroxylation is 1. The van der Waals surface area contributed by atoms with Crippen LogP contribution in [0, 0.1) is 6.92 Å². The van der Waals surface area contributed by atoms with Gasteiger partial charge >= 0.3 is 0 Å². The molecule has 0 spiro atoms. The number of hydrogen-bond acceptors (Lipinski definition) is 6. The topological polar surface area (TPSA) is 92.9 Å². The molecule has 0 unspecified atom stereocenters. The van der Waals surface area contributed by atoms with Crippen LogP contribution in [0.3, 0.4) is 0 Å². The monoisotopic (exact) mass is 261 g/mol. The van der Waals surface area contributed by atoms with Crippen molar-refractivity contribution in [3.05, 3.63) is 35.6 Å². The normalized spacial score (nSPS) is 10.2. The number of carbonyl (C=O) groups is 1. The summed E-state index contributed by atoms with van der Waals surface area (Å²) in [7, 11) is 0. The fourth-order valence-corrected chi connectivity index (χ4v) is 1.50. The van der Waals surface area contributed by atoms with Gasteiger partial charge < -0.3 is 15.2 Å². The number of pyridine rings is 1. The first-order valence-corrected chi connectivity index (χ1v) is 5.97. The summed E-state index contributed by atoms with van der Waals surface area (Å²) < 4.78 is 4.82. The molecule has 0 radical (unpaired) electrons. The van der Waals surface area contributed by atoms with E-state index in [2.05, 4.69) is 25.8 Å². The van der Waals surface area contributed by atoms with Gasteiger partial charge in [0.25, 0.3) is 5.91 Å². The third-order valence-electron chi connectivity index (χ3n) is 2.32. The quantitative estimate of drug-likeness (QED) is 0.838. The second kappa shape index (κ2) is 5.94. The Morgan fingerprint density at radius 3 is 2.89 bits per heavy atom. The molecular formula is C12H15N5O2. The predicted molar refractivity (Wildman–Crippen MR) is 68.6 cm³/mol. The van der Waals surface area contributed by atoms with Gasteiger partial charge in [-0.1, -0.05) is 11.2 Å². The van der Waals surface area contributed by atoms with Crippen LogP contribution in [0.15, 0.2) is 22.7 Å². The SMILES string of the molecule is CCNc1cccc(C(=O)NCc2noc(C)n2)n1. The molecule has 100 valence electrons. The zero-order valence-corrected chi connectivity index (χ0v) is 10.8. The van der Waals surface area contributed by atoms with E-state index < -0.39 is 0 Å². The predicted octanol–water partition coefficient (Wildman–Crippen LogP) is 1.13. The Hall–Kier alpha value is -2.44. The number of nitrogens with one attached hydrogen (secondary N) is 2. The van der Waals surface area contributed by atoms with Gasteiger partial charge in [-0.15, -0.1) is 0 Å². The maximum absolute atomic E-state index is 11.9. The Balaban J connectivity index is 1.97. The molecule has 2 aromatic heterocycles. The average Bonchev–Trinajstić information content (AvgIpc) is 2.82. The lowest BCUT2D eigenvalue weighted by atomic mass is 10.3. The molecule has 0 atom stereocenters. The highest BCUT2D eigenvalue weighted by atomic mass is 16.5. The Kier molecular flexibility index (Phi) is 4.07. The molecule has 7 heteroatoms. The maximum atomic E-state index is 11.9. The van der Waals surface area contributed by atoms with Gasteiger partial charge in [0.05, 0.1) is 6.54 Å². The number of rotatable bonds is 5. The first-order valence-electron chi connectivity index (χ1n) is 5.97. The van der Waals surface area contributed by atoms with Crippen LogP contribution >= 0.6 is 0 Å². The molecule has 0 aliphatic carbocycles. The summed E-state index contributed by atoms with van der Waals surface area (Å²) in [6, 6.07) is 5.24. The molecule has 0 fully saturated rings. The number of anilines is 1. The van der Waals surface area contributed by atoms with Crippen molar-refractivity contribution in [1.29, 1.82) is 0 Å². The molecule has 0 aliphatic rings. The van der Waals surface area contributed by atoms with E-state index in [1.807, 2.05) is 13.0 Å². The summed E-state index contributed by atoms with van der Waals surface area (Å²) in [5.41, 5.74) is 0.346. The Morgan fingerprint density at radius 2 is 2.21 bits per heavy atom. The summed E-state index contributed by atoms with van der Waals surface area (Å²) in [5.74, 6) is 1.30. The van der Waals surface area contributed by atoms with Crippen LogP contribution in [0.2, 0.25) is 0 Å². The first-order chi connectivity index (χ1) is 9.19. The van der Waals surface area contributed by atoms with E-state index in [0.29, 0.717) is 23.2 Å². The van der Waals surface area contributed by atoms with Gasteiger partial charge in [-0.2, -0.15) is 4.98 Å². The minimum Gasteiger partial charge on any atom is -0.370 e. The molecule has 19 heavy (non-hydrogen) atoms. The highest BCUT2D eigenvalue weighted by Crippen LogP contribution is 2.04. The molecule has 2 rings (SSSR count). The second-order valence-corrected chi connectivity index (χ2v) is 3.85. The van der Waals surface area contributed by atoms with E-state index in [4.69, 9.17) is 4.52 Å². The third-order valence-corrected chi connectivity index (χ3v) is 2.32. The fraction of sp³-hybridized carbons (Fsp3) is 0.333. The molecule has 0 bridgehead atoms. The van der Waals surface area contributed by atoms with Crippen LogP contribution in [0.4, 0.5) is 5.82 Å². The minimum absolute atomic E-state index is 0.212. The number of hydrogen-bond donors (Lipinski definition) is 2. The fourth-order valence-electron chi connectivity index (χ4n) is 1.50. The summed E-state index contributed by atoms with van der Waals surface area (Å²) >= 11 is 0. The maximum Gasteiger partial charge on any atom is 0.270 e. The number of carbonyl (C=O) groups excluding carboxylic acids is 1. The summed E-state index contributed by atoms with van der Waals surface area (Å²) in [6.07, 6.45) is 0. The van der Waals surface area contributed by atoms with Gasteiger partial charge in [0.1, 0.15) is 11.5 Å².